The highest BCUT2D eigenvalue weighted by Gasteiger charge is 2.18. The average molecular weight is 470 g/mol. The number of nitrogens with one attached hydrogen (secondary N) is 2. The lowest BCUT2D eigenvalue weighted by Crippen LogP contribution is -2.14. The van der Waals surface area contributed by atoms with Gasteiger partial charge in [0, 0.05) is 16.8 Å². The summed E-state index contributed by atoms with van der Waals surface area (Å²) in [7, 11) is -3.67. The zero-order valence-corrected chi connectivity index (χ0v) is 18.7. The lowest BCUT2D eigenvalue weighted by atomic mass is 9.93. The molecular formula is C23H23N3O6S. The minimum atomic E-state index is -3.67. The molecule has 0 aromatic heterocycles. The van der Waals surface area contributed by atoms with Crippen molar-refractivity contribution >= 4 is 33.5 Å². The number of hydrogen-bond donors (Lipinski definition) is 5. The number of nitrogens with two attached hydrogens (primary N) is 1. The Morgan fingerprint density at radius 1 is 0.939 bits per heavy atom. The molecule has 10 heteroatoms. The Morgan fingerprint density at radius 2 is 1.48 bits per heavy atom. The number of benzene rings is 3. The van der Waals surface area contributed by atoms with Crippen LogP contribution in [0.4, 0.5) is 5.69 Å². The van der Waals surface area contributed by atoms with Gasteiger partial charge in [0.25, 0.3) is 16.0 Å². The van der Waals surface area contributed by atoms with Crippen LogP contribution in [0, 0.1) is 12.3 Å². The predicted molar refractivity (Wildman–Crippen MR) is 126 cm³/mol. The van der Waals surface area contributed by atoms with Crippen molar-refractivity contribution in [2.75, 3.05) is 11.6 Å². The van der Waals surface area contributed by atoms with E-state index in [1.54, 1.807) is 60.7 Å². The number of carboxylic acids is 1. The van der Waals surface area contributed by atoms with Crippen molar-refractivity contribution in [1.82, 2.24) is 0 Å². The van der Waals surface area contributed by atoms with E-state index in [4.69, 9.17) is 15.7 Å². The van der Waals surface area contributed by atoms with Crippen LogP contribution in [0.1, 0.15) is 31.8 Å². The van der Waals surface area contributed by atoms with Gasteiger partial charge in [-0.05, 0) is 54.4 Å². The van der Waals surface area contributed by atoms with Crippen molar-refractivity contribution in [3.63, 3.8) is 0 Å². The summed E-state index contributed by atoms with van der Waals surface area (Å²) in [5.74, 6) is -1.46. The van der Waals surface area contributed by atoms with E-state index in [-0.39, 0.29) is 17.3 Å². The number of carboxylic acid groups (broad SMARTS) is 1. The lowest BCUT2D eigenvalue weighted by Gasteiger charge is -2.13. The maximum atomic E-state index is 12.8. The summed E-state index contributed by atoms with van der Waals surface area (Å²) in [5.41, 5.74) is 8.90. The van der Waals surface area contributed by atoms with Crippen LogP contribution in [-0.4, -0.2) is 42.0 Å². The van der Waals surface area contributed by atoms with Crippen LogP contribution in [0.3, 0.4) is 0 Å². The maximum Gasteiger partial charge on any atom is 0.336 e. The first kappa shape index (κ1) is 25.2. The standard InChI is InChI=1S/C22H19N3O3.CH4O3S/c1-13-6-11-17(19(12-13)22(27)28)16-4-2-3-5-18(16)21(26)25-15-9-7-14(8-10-15)20(23)24;1-5(2,3)4/h2-12H,1H3,(H3,23,24)(H,25,26)(H,27,28);1H3,(H,2,3,4). The summed E-state index contributed by atoms with van der Waals surface area (Å²) < 4.78 is 25.9. The third kappa shape index (κ3) is 7.56. The molecule has 0 heterocycles. The van der Waals surface area contributed by atoms with Crippen LogP contribution in [0.5, 0.6) is 0 Å². The molecule has 0 radical (unpaired) electrons. The SMILES string of the molecule is CS(=O)(=O)O.Cc1ccc(-c2ccccc2C(=O)Nc2ccc(C(=N)N)cc2)c(C(=O)O)c1. The summed E-state index contributed by atoms with van der Waals surface area (Å²) in [6.07, 6.45) is 0.715. The quantitative estimate of drug-likeness (QED) is 0.216. The third-order valence-electron chi connectivity index (χ3n) is 4.32. The highest BCUT2D eigenvalue weighted by Crippen LogP contribution is 2.29. The Labute approximate surface area is 191 Å². The van der Waals surface area contributed by atoms with Crippen molar-refractivity contribution < 1.29 is 27.7 Å². The van der Waals surface area contributed by atoms with E-state index < -0.39 is 16.1 Å². The second kappa shape index (κ2) is 10.5. The number of carbonyl (C=O) groups excluding carboxylic acids is 1. The van der Waals surface area contributed by atoms with Crippen molar-refractivity contribution in [2.45, 2.75) is 6.92 Å². The topological polar surface area (TPSA) is 171 Å². The molecule has 3 rings (SSSR count). The molecule has 0 atom stereocenters. The van der Waals surface area contributed by atoms with Crippen molar-refractivity contribution in [3.8, 4) is 11.1 Å². The molecule has 33 heavy (non-hydrogen) atoms. The van der Waals surface area contributed by atoms with Gasteiger partial charge in [0.05, 0.1) is 11.8 Å². The number of hydrogen-bond acceptors (Lipinski definition) is 5. The summed E-state index contributed by atoms with van der Waals surface area (Å²) in [5, 5.41) is 19.8. The van der Waals surface area contributed by atoms with Crippen LogP contribution in [-0.2, 0) is 10.1 Å². The monoisotopic (exact) mass is 469 g/mol. The Bertz CT molecular complexity index is 1290. The molecule has 0 bridgehead atoms. The molecule has 0 spiro atoms. The molecule has 0 fully saturated rings. The Kier molecular flexibility index (Phi) is 8.05. The molecule has 6 N–H and O–H groups in total. The largest absolute Gasteiger partial charge is 0.478 e. The molecule has 0 aliphatic carbocycles. The highest BCUT2D eigenvalue weighted by atomic mass is 32.2. The molecule has 0 aliphatic heterocycles. The molecule has 9 nitrogen and oxygen atoms in total. The average Bonchev–Trinajstić information content (AvgIpc) is 2.73. The van der Waals surface area contributed by atoms with Gasteiger partial charge in [0.2, 0.25) is 0 Å². The lowest BCUT2D eigenvalue weighted by molar-refractivity contribution is 0.0697. The van der Waals surface area contributed by atoms with Crippen LogP contribution >= 0.6 is 0 Å². The van der Waals surface area contributed by atoms with Gasteiger partial charge in [-0.15, -0.1) is 0 Å². The molecule has 0 unspecified atom stereocenters. The van der Waals surface area contributed by atoms with E-state index >= 15 is 0 Å². The first-order valence-corrected chi connectivity index (χ1v) is 11.3. The first-order chi connectivity index (χ1) is 15.4. The van der Waals surface area contributed by atoms with E-state index in [2.05, 4.69) is 5.32 Å². The van der Waals surface area contributed by atoms with Gasteiger partial charge in [-0.25, -0.2) is 4.79 Å². The fourth-order valence-electron chi connectivity index (χ4n) is 2.92. The number of amides is 1. The molecule has 0 saturated heterocycles. The molecular weight excluding hydrogens is 446 g/mol. The van der Waals surface area contributed by atoms with Crippen LogP contribution < -0.4 is 11.1 Å². The molecule has 0 saturated carbocycles. The van der Waals surface area contributed by atoms with Crippen molar-refractivity contribution in [1.29, 1.82) is 5.41 Å². The fourth-order valence-corrected chi connectivity index (χ4v) is 2.92. The summed E-state index contributed by atoms with van der Waals surface area (Å²) in [4.78, 5) is 24.5. The van der Waals surface area contributed by atoms with Crippen LogP contribution in [0.15, 0.2) is 66.7 Å². The Balaban J connectivity index is 0.000000696. The summed E-state index contributed by atoms with van der Waals surface area (Å²) >= 11 is 0. The smallest absolute Gasteiger partial charge is 0.336 e. The highest BCUT2D eigenvalue weighted by molar-refractivity contribution is 7.85. The Morgan fingerprint density at radius 3 is 2.03 bits per heavy atom. The fraction of sp³-hybridized carbons (Fsp3) is 0.0870. The number of amidine groups is 1. The van der Waals surface area contributed by atoms with Gasteiger partial charge in [-0.3, -0.25) is 14.8 Å². The van der Waals surface area contributed by atoms with Gasteiger partial charge in [-0.1, -0.05) is 35.9 Å². The normalized spacial score (nSPS) is 10.5. The minimum absolute atomic E-state index is 0.0520. The second-order valence-corrected chi connectivity index (χ2v) is 8.54. The molecule has 3 aromatic carbocycles. The van der Waals surface area contributed by atoms with Gasteiger partial charge < -0.3 is 16.2 Å². The van der Waals surface area contributed by atoms with E-state index in [9.17, 15) is 23.1 Å². The number of nitrogen functional groups attached to an aromatic ring is 1. The zero-order chi connectivity index (χ0) is 24.8. The zero-order valence-electron chi connectivity index (χ0n) is 17.9. The molecule has 0 aliphatic rings. The third-order valence-corrected chi connectivity index (χ3v) is 4.32. The number of anilines is 1. The van der Waals surface area contributed by atoms with E-state index in [1.165, 1.54) is 0 Å². The number of aromatic carboxylic acids is 1. The van der Waals surface area contributed by atoms with E-state index in [1.807, 2.05) is 13.0 Å². The summed E-state index contributed by atoms with van der Waals surface area (Å²) in [6, 6.07) is 18.6. The molecule has 172 valence electrons. The van der Waals surface area contributed by atoms with E-state index in [0.29, 0.717) is 34.2 Å². The number of aryl methyl sites for hydroxylation is 1. The van der Waals surface area contributed by atoms with Gasteiger partial charge in [0.1, 0.15) is 5.84 Å². The minimum Gasteiger partial charge on any atom is -0.478 e. The Hall–Kier alpha value is -4.02. The van der Waals surface area contributed by atoms with Crippen LogP contribution in [0.25, 0.3) is 11.1 Å². The maximum absolute atomic E-state index is 12.8. The molecule has 3 aromatic rings. The number of carbonyl (C=O) groups is 2. The summed E-state index contributed by atoms with van der Waals surface area (Å²) in [6.45, 7) is 1.82. The van der Waals surface area contributed by atoms with E-state index in [0.717, 1.165) is 5.56 Å². The van der Waals surface area contributed by atoms with Gasteiger partial charge in [-0.2, -0.15) is 8.42 Å². The van der Waals surface area contributed by atoms with Crippen molar-refractivity contribution in [3.05, 3.63) is 89.0 Å². The van der Waals surface area contributed by atoms with Gasteiger partial charge >= 0.3 is 5.97 Å². The first-order valence-electron chi connectivity index (χ1n) is 9.48. The van der Waals surface area contributed by atoms with Crippen molar-refractivity contribution in [2.24, 2.45) is 5.73 Å². The molecule has 1 amide bonds. The van der Waals surface area contributed by atoms with Crippen LogP contribution in [0.2, 0.25) is 0 Å². The second-order valence-electron chi connectivity index (χ2n) is 7.08. The predicted octanol–water partition coefficient (Wildman–Crippen LogP) is 3.40. The number of rotatable bonds is 5. The van der Waals surface area contributed by atoms with Gasteiger partial charge in [0.15, 0.2) is 0 Å².